The highest BCUT2D eigenvalue weighted by Gasteiger charge is 2.44. The number of piperazine rings is 1. The molecule has 0 N–H and O–H groups in total. The van der Waals surface area contributed by atoms with Crippen molar-refractivity contribution in [2.75, 3.05) is 80.3 Å². The number of amides is 1. The second-order valence-electron chi connectivity index (χ2n) is 25.0. The van der Waals surface area contributed by atoms with Gasteiger partial charge in [-0.15, -0.1) is 23.5 Å². The summed E-state index contributed by atoms with van der Waals surface area (Å²) in [6.45, 7) is 24.2. The van der Waals surface area contributed by atoms with Crippen LogP contribution >= 0.6 is 96.9 Å². The fraction of sp³-hybridized carbons (Fsp3) is 0.439. The summed E-state index contributed by atoms with van der Waals surface area (Å²) in [6, 6.07) is 7.82. The number of hydrogen-bond donors (Lipinski definition) is 0. The summed E-state index contributed by atoms with van der Waals surface area (Å²) in [5, 5.41) is 1.58. The van der Waals surface area contributed by atoms with Crippen LogP contribution < -0.4 is 21.2 Å². The first-order chi connectivity index (χ1) is 44.4. The summed E-state index contributed by atoms with van der Waals surface area (Å²) >= 11 is 29.1. The van der Waals surface area contributed by atoms with Crippen LogP contribution in [0, 0.1) is 29.2 Å². The second kappa shape index (κ2) is 29.7. The van der Waals surface area contributed by atoms with E-state index in [-0.39, 0.29) is 107 Å². The van der Waals surface area contributed by atoms with E-state index < -0.39 is 40.9 Å². The molecule has 0 radical (unpaired) electrons. The molecule has 17 nitrogen and oxygen atoms in total. The largest absolute Gasteiger partial charge is 0.387 e. The van der Waals surface area contributed by atoms with E-state index in [1.807, 2.05) is 18.7 Å². The molecule has 10 atom stereocenters. The van der Waals surface area contributed by atoms with Crippen molar-refractivity contribution in [1.82, 2.24) is 33.8 Å². The molecule has 95 heavy (non-hydrogen) atoms. The van der Waals surface area contributed by atoms with E-state index in [1.54, 1.807) is 37.9 Å². The summed E-state index contributed by atoms with van der Waals surface area (Å²) < 4.78 is 78.0. The molecule has 0 aliphatic carbocycles. The van der Waals surface area contributed by atoms with Gasteiger partial charge in [-0.3, -0.25) is 23.7 Å². The van der Waals surface area contributed by atoms with Gasteiger partial charge in [0.1, 0.15) is 34.9 Å². The molecule has 2 aromatic heterocycles. The van der Waals surface area contributed by atoms with Gasteiger partial charge < -0.3 is 28.9 Å². The number of benzene rings is 4. The van der Waals surface area contributed by atoms with Crippen LogP contribution in [0.4, 0.5) is 29.2 Å². The third-order valence-electron chi connectivity index (χ3n) is 18.9. The molecule has 6 aromatic rings. The molecule has 6 saturated heterocycles. The minimum Gasteiger partial charge on any atom is -0.387 e. The fourth-order valence-electron chi connectivity index (χ4n) is 14.3. The Morgan fingerprint density at radius 2 is 1.04 bits per heavy atom. The number of likely N-dealkylation sites (tertiary alicyclic amines) is 2. The molecule has 4 bridgehead atoms. The van der Waals surface area contributed by atoms with E-state index in [2.05, 4.69) is 58.0 Å². The van der Waals surface area contributed by atoms with Crippen LogP contribution in [-0.4, -0.2) is 165 Å². The molecule has 1 amide bonds. The van der Waals surface area contributed by atoms with Gasteiger partial charge in [0.05, 0.1) is 68.6 Å². The molecule has 10 heterocycles. The average molecular weight is 1460 g/mol. The quantitative estimate of drug-likeness (QED) is 0.0395. The minimum absolute atomic E-state index is 0. The Hall–Kier alpha value is -5.29. The van der Waals surface area contributed by atoms with E-state index >= 15 is 8.78 Å². The highest BCUT2D eigenvalue weighted by molar-refractivity contribution is 8.00. The molecule has 6 fully saturated rings. The third kappa shape index (κ3) is 14.1. The number of halogens is 8. The van der Waals surface area contributed by atoms with Gasteiger partial charge in [0.2, 0.25) is 5.91 Å². The van der Waals surface area contributed by atoms with E-state index in [9.17, 15) is 32.8 Å². The Kier molecular flexibility index (Phi) is 22.6. The van der Waals surface area contributed by atoms with Crippen molar-refractivity contribution in [1.29, 1.82) is 0 Å². The van der Waals surface area contributed by atoms with Crippen molar-refractivity contribution in [3.05, 3.63) is 139 Å². The number of carbonyl (C=O) groups is 3. The van der Waals surface area contributed by atoms with Gasteiger partial charge in [-0.1, -0.05) is 73.1 Å². The van der Waals surface area contributed by atoms with E-state index in [0.717, 1.165) is 81.6 Å². The number of hydrogen-bond acceptors (Lipinski definition) is 16. The lowest BCUT2D eigenvalue weighted by Gasteiger charge is -2.45. The molecule has 0 unspecified atom stereocenters. The number of ether oxygens (including phenoxy) is 3. The van der Waals surface area contributed by atoms with Crippen LogP contribution in [0.5, 0.6) is 0 Å². The Bertz CT molecular complexity index is 4200. The molecular weight excluding hydrogens is 1390 g/mol. The number of morpholine rings is 2. The highest BCUT2D eigenvalue weighted by atomic mass is 35.5. The van der Waals surface area contributed by atoms with Crippen molar-refractivity contribution in [2.45, 2.75) is 118 Å². The SMILES string of the molecule is C=CC(=O)N1C[C@H](C)N(c2nc(=O)n3c4c(c(-c5cc(Cl)c(F)cc5F)c(Cl)cc24)SC[C@@H]3CN2C[C@@H]3C[C@H]2CO3)C[C@H]1C.C=CC(=O)OC(=O)C=C.C[C@H]1CC[C@H](C)N(c2nc(=O)n3c4c(c(-c5cc(Cl)c(F)cc5F)c(Cl)cc24)SC[C@@H]3CN2C[C@@H]3C[C@H]2CO3)C1.S.S. The van der Waals surface area contributed by atoms with Gasteiger partial charge in [0.25, 0.3) is 0 Å². The Morgan fingerprint density at radius 1 is 0.589 bits per heavy atom. The Morgan fingerprint density at radius 3 is 1.45 bits per heavy atom. The van der Waals surface area contributed by atoms with Crippen LogP contribution in [0.15, 0.2) is 93.7 Å². The first-order valence-corrected chi connectivity index (χ1v) is 34.2. The molecular formula is C66H71Cl4F4N9O8S4. The number of rotatable bonds is 11. The Labute approximate surface area is 588 Å². The molecule has 14 rings (SSSR count). The van der Waals surface area contributed by atoms with E-state index in [0.29, 0.717) is 116 Å². The van der Waals surface area contributed by atoms with Crippen molar-refractivity contribution in [2.24, 2.45) is 5.92 Å². The van der Waals surface area contributed by atoms with Crippen molar-refractivity contribution in [3.8, 4) is 22.3 Å². The molecule has 4 aromatic carbocycles. The van der Waals surface area contributed by atoms with Gasteiger partial charge in [0.15, 0.2) is 0 Å². The van der Waals surface area contributed by atoms with Crippen LogP contribution in [0.3, 0.4) is 0 Å². The van der Waals surface area contributed by atoms with Gasteiger partial charge in [0, 0.05) is 155 Å². The van der Waals surface area contributed by atoms with E-state index in [1.165, 1.54) is 30.0 Å². The lowest BCUT2D eigenvalue weighted by molar-refractivity contribution is -0.152. The zero-order valence-electron chi connectivity index (χ0n) is 52.3. The van der Waals surface area contributed by atoms with Crippen LogP contribution in [0.2, 0.25) is 20.1 Å². The van der Waals surface area contributed by atoms with Crippen molar-refractivity contribution in [3.63, 3.8) is 0 Å². The summed E-state index contributed by atoms with van der Waals surface area (Å²) in [4.78, 5) is 82.4. The van der Waals surface area contributed by atoms with Crippen LogP contribution in [0.25, 0.3) is 44.1 Å². The number of carbonyl (C=O) groups excluding carboxylic acids is 3. The third-order valence-corrected chi connectivity index (χ3v) is 22.5. The maximum atomic E-state index is 15.3. The summed E-state index contributed by atoms with van der Waals surface area (Å²) in [5.74, 6) is -2.24. The predicted molar refractivity (Wildman–Crippen MR) is 377 cm³/mol. The summed E-state index contributed by atoms with van der Waals surface area (Å²) in [7, 11) is 0. The van der Waals surface area contributed by atoms with Crippen LogP contribution in [0.1, 0.15) is 65.5 Å². The first kappa shape index (κ1) is 72.5. The topological polar surface area (TPSA) is 165 Å². The average Bonchev–Trinajstić information content (AvgIpc) is 1.14. The number of aromatic nitrogens is 4. The van der Waals surface area contributed by atoms with Crippen molar-refractivity contribution >= 4 is 148 Å². The summed E-state index contributed by atoms with van der Waals surface area (Å²) in [5.41, 5.74) is 1.58. The second-order valence-corrected chi connectivity index (χ2v) is 28.7. The number of esters is 2. The van der Waals surface area contributed by atoms with Gasteiger partial charge in [-0.05, 0) is 82.7 Å². The predicted octanol–water partition coefficient (Wildman–Crippen LogP) is 12.4. The molecule has 29 heteroatoms. The standard InChI is InChI=1S/C31H31Cl2F2N5O3S.C29H30Cl2F2N4O2S.C6H6O3.2H2S/c1-4-26(41)38-9-16(3)39(10-15(38)2)30-21-7-23(33)27(20-6-22(32)25(35)8-24(20)34)29-28(21)40(31(42)36-30)18(14-44-29)11-37-12-19-5-17(37)13-43-19;1-14-3-4-15(2)36(9-14)28-20-7-22(31)25(19-6-21(30)24(33)8-23(19)32)27-26(20)37(29(38)34-28)17(13-40-27)10-35-11-18-5-16(35)12-39-18;1-3-5(7)9-6(8)4-2;;/h4,6-8,15-19H,1,5,9-14H2,2-3H3;6-8,14-18H,3-5,9-13H2,1-2H3;3-4H,1-2H2;2*1H2/t15-,16+,17+,18+,19+;14-,15-,16-,17-,18-;;;/m10.../s1. The molecule has 0 saturated carbocycles. The zero-order valence-corrected chi connectivity index (χ0v) is 59.0. The molecule has 0 spiro atoms. The number of piperidine rings is 1. The fourth-order valence-corrected chi connectivity index (χ4v) is 18.0. The number of anilines is 2. The van der Waals surface area contributed by atoms with Gasteiger partial charge >= 0.3 is 23.3 Å². The lowest BCUT2D eigenvalue weighted by atomic mass is 9.94. The zero-order chi connectivity index (χ0) is 66.2. The number of nitrogens with zero attached hydrogens (tertiary/aromatic N) is 9. The highest BCUT2D eigenvalue weighted by Crippen LogP contribution is 2.52. The lowest BCUT2D eigenvalue weighted by Crippen LogP contribution is -2.58. The first-order valence-electron chi connectivity index (χ1n) is 30.8. The molecule has 8 aliphatic heterocycles. The maximum absolute atomic E-state index is 15.3. The summed E-state index contributed by atoms with van der Waals surface area (Å²) in [6.07, 6.45) is 7.71. The number of thioether (sulfide) groups is 2. The monoisotopic (exact) mass is 1460 g/mol. The maximum Gasteiger partial charge on any atom is 0.350 e. The molecule has 8 aliphatic rings. The van der Waals surface area contributed by atoms with Crippen LogP contribution in [-0.2, 0) is 28.6 Å². The molecule has 508 valence electrons. The Balaban J connectivity index is 0.000000181. The minimum atomic E-state index is -0.865. The normalized spacial score (nSPS) is 24.9. The number of fused-ring (bicyclic) bond motifs is 4. The van der Waals surface area contributed by atoms with E-state index in [4.69, 9.17) is 60.9 Å². The van der Waals surface area contributed by atoms with Gasteiger partial charge in [-0.2, -0.15) is 37.0 Å². The smallest absolute Gasteiger partial charge is 0.350 e. The van der Waals surface area contributed by atoms with Gasteiger partial charge in [-0.25, -0.2) is 36.7 Å². The van der Waals surface area contributed by atoms with Crippen molar-refractivity contribution < 1.29 is 46.2 Å².